The normalized spacial score (nSPS) is 17.7. The van der Waals surface area contributed by atoms with E-state index in [0.717, 1.165) is 37.3 Å². The van der Waals surface area contributed by atoms with Crippen LogP contribution in [-0.2, 0) is 20.8 Å². The maximum absolute atomic E-state index is 12.0. The first-order valence-corrected chi connectivity index (χ1v) is 7.55. The summed E-state index contributed by atoms with van der Waals surface area (Å²) in [6.45, 7) is 2.18. The Morgan fingerprint density at radius 3 is 3.14 bits per heavy atom. The van der Waals surface area contributed by atoms with Gasteiger partial charge in [-0.1, -0.05) is 0 Å². The van der Waals surface area contributed by atoms with E-state index in [9.17, 15) is 9.59 Å². The molecule has 0 aromatic carbocycles. The summed E-state index contributed by atoms with van der Waals surface area (Å²) < 4.78 is 11.3. The zero-order valence-electron chi connectivity index (χ0n) is 11.8. The Bertz CT molecular complexity index is 555. The number of hydrogen-bond donors (Lipinski definition) is 1. The fourth-order valence-electron chi connectivity index (χ4n) is 2.11. The number of esters is 1. The Morgan fingerprint density at radius 1 is 1.67 bits per heavy atom. The van der Waals surface area contributed by atoms with Crippen molar-refractivity contribution in [1.29, 1.82) is 0 Å². The lowest BCUT2D eigenvalue weighted by molar-refractivity contribution is -0.141. The number of methoxy groups -OCH3 is 1. The Morgan fingerprint density at radius 2 is 2.48 bits per heavy atom. The van der Waals surface area contributed by atoms with Crippen LogP contribution in [0.2, 0.25) is 0 Å². The molecule has 0 aliphatic carbocycles. The maximum Gasteiger partial charge on any atom is 0.327 e. The molecule has 1 N–H and O–H groups in total. The summed E-state index contributed by atoms with van der Waals surface area (Å²) in [6, 6.07) is 0. The van der Waals surface area contributed by atoms with E-state index in [-0.39, 0.29) is 12.1 Å². The van der Waals surface area contributed by atoms with Gasteiger partial charge in [-0.05, 0) is 34.7 Å². The molecule has 1 aromatic rings. The predicted octanol–water partition coefficient (Wildman–Crippen LogP) is 1.02. The smallest absolute Gasteiger partial charge is 0.327 e. The van der Waals surface area contributed by atoms with E-state index in [4.69, 9.17) is 4.74 Å². The number of rotatable bonds is 6. The van der Waals surface area contributed by atoms with Crippen LogP contribution in [0, 0.1) is 5.92 Å². The fourth-order valence-corrected chi connectivity index (χ4v) is 2.56. The average molecular weight is 360 g/mol. The standard InChI is InChI=1S/C13H18BrN3O4/c1-20-11(18)7-17-13(19)12(14)10(6-16-17)15-4-2-9-3-5-21-8-9/h6,9,15H,2-5,7-8H2,1H3. The second-order valence-corrected chi connectivity index (χ2v) is 5.65. The second-order valence-electron chi connectivity index (χ2n) is 4.86. The van der Waals surface area contributed by atoms with Gasteiger partial charge in [-0.25, -0.2) is 4.68 Å². The summed E-state index contributed by atoms with van der Waals surface area (Å²) in [5.74, 6) is 0.0578. The highest BCUT2D eigenvalue weighted by Crippen LogP contribution is 2.19. The molecular formula is C13H18BrN3O4. The van der Waals surface area contributed by atoms with Crippen LogP contribution < -0.4 is 10.9 Å². The number of nitrogens with zero attached hydrogens (tertiary/aromatic N) is 2. The molecule has 1 aliphatic heterocycles. The van der Waals surface area contributed by atoms with Crippen LogP contribution >= 0.6 is 15.9 Å². The lowest BCUT2D eigenvalue weighted by Gasteiger charge is -2.11. The van der Waals surface area contributed by atoms with Gasteiger partial charge in [0.25, 0.3) is 5.56 Å². The molecule has 0 spiro atoms. The average Bonchev–Trinajstić information content (AvgIpc) is 2.99. The third kappa shape index (κ3) is 4.28. The molecule has 116 valence electrons. The lowest BCUT2D eigenvalue weighted by atomic mass is 10.1. The molecule has 7 nitrogen and oxygen atoms in total. The quantitative estimate of drug-likeness (QED) is 0.763. The SMILES string of the molecule is COC(=O)Cn1ncc(NCCC2CCOC2)c(Br)c1=O. The van der Waals surface area contributed by atoms with Gasteiger partial charge in [0.2, 0.25) is 0 Å². The summed E-state index contributed by atoms with van der Waals surface area (Å²) in [5, 5.41) is 7.14. The molecule has 0 bridgehead atoms. The third-order valence-electron chi connectivity index (χ3n) is 3.38. The number of nitrogens with one attached hydrogen (secondary N) is 1. The monoisotopic (exact) mass is 359 g/mol. The number of carbonyl (C=O) groups is 1. The van der Waals surface area contributed by atoms with E-state index in [2.05, 4.69) is 31.1 Å². The van der Waals surface area contributed by atoms with Crippen LogP contribution in [0.4, 0.5) is 5.69 Å². The minimum atomic E-state index is -0.515. The first-order chi connectivity index (χ1) is 10.1. The number of aromatic nitrogens is 2. The van der Waals surface area contributed by atoms with Gasteiger partial charge in [-0.3, -0.25) is 9.59 Å². The minimum absolute atomic E-state index is 0.201. The summed E-state index contributed by atoms with van der Waals surface area (Å²) >= 11 is 3.24. The number of hydrogen-bond acceptors (Lipinski definition) is 6. The van der Waals surface area contributed by atoms with Crippen molar-refractivity contribution in [2.75, 3.05) is 32.2 Å². The van der Waals surface area contributed by atoms with Crippen molar-refractivity contribution in [3.63, 3.8) is 0 Å². The van der Waals surface area contributed by atoms with E-state index in [1.165, 1.54) is 13.3 Å². The van der Waals surface area contributed by atoms with Crippen LogP contribution in [-0.4, -0.2) is 42.6 Å². The first-order valence-electron chi connectivity index (χ1n) is 6.76. The molecule has 2 rings (SSSR count). The summed E-state index contributed by atoms with van der Waals surface area (Å²) in [6.07, 6.45) is 3.60. The van der Waals surface area contributed by atoms with Crippen molar-refractivity contribution in [2.24, 2.45) is 5.92 Å². The topological polar surface area (TPSA) is 82.5 Å². The zero-order chi connectivity index (χ0) is 15.2. The van der Waals surface area contributed by atoms with E-state index < -0.39 is 5.97 Å². The second kappa shape index (κ2) is 7.56. The van der Waals surface area contributed by atoms with Crippen molar-refractivity contribution in [3.8, 4) is 0 Å². The lowest BCUT2D eigenvalue weighted by Crippen LogP contribution is -2.28. The van der Waals surface area contributed by atoms with E-state index in [1.807, 2.05) is 0 Å². The largest absolute Gasteiger partial charge is 0.468 e. The molecule has 1 unspecified atom stereocenters. The van der Waals surface area contributed by atoms with Crippen molar-refractivity contribution in [1.82, 2.24) is 9.78 Å². The van der Waals surface area contributed by atoms with E-state index >= 15 is 0 Å². The van der Waals surface area contributed by atoms with Crippen LogP contribution in [0.1, 0.15) is 12.8 Å². The Hall–Kier alpha value is -1.41. The van der Waals surface area contributed by atoms with Crippen molar-refractivity contribution >= 4 is 27.6 Å². The third-order valence-corrected chi connectivity index (χ3v) is 4.15. The Labute approximate surface area is 130 Å². The molecule has 1 aromatic heterocycles. The summed E-state index contributed by atoms with van der Waals surface area (Å²) in [5.41, 5.74) is 0.259. The van der Waals surface area contributed by atoms with Gasteiger partial charge in [0, 0.05) is 19.8 Å². The Balaban J connectivity index is 1.95. The van der Waals surface area contributed by atoms with Crippen molar-refractivity contribution < 1.29 is 14.3 Å². The molecule has 1 atom stereocenters. The zero-order valence-corrected chi connectivity index (χ0v) is 13.4. The van der Waals surface area contributed by atoms with Gasteiger partial charge in [-0.15, -0.1) is 0 Å². The summed E-state index contributed by atoms with van der Waals surface area (Å²) in [7, 11) is 1.27. The van der Waals surface area contributed by atoms with Crippen LogP contribution in [0.15, 0.2) is 15.5 Å². The van der Waals surface area contributed by atoms with Gasteiger partial charge in [0.1, 0.15) is 11.0 Å². The van der Waals surface area contributed by atoms with Gasteiger partial charge in [0.15, 0.2) is 0 Å². The molecule has 1 saturated heterocycles. The minimum Gasteiger partial charge on any atom is -0.468 e. The van der Waals surface area contributed by atoms with Gasteiger partial charge >= 0.3 is 5.97 Å². The highest BCUT2D eigenvalue weighted by molar-refractivity contribution is 9.10. The van der Waals surface area contributed by atoms with Gasteiger partial charge in [-0.2, -0.15) is 5.10 Å². The highest BCUT2D eigenvalue weighted by Gasteiger charge is 2.16. The maximum atomic E-state index is 12.0. The van der Waals surface area contributed by atoms with E-state index in [1.54, 1.807) is 0 Å². The number of carbonyl (C=O) groups excluding carboxylic acids is 1. The Kier molecular flexibility index (Phi) is 5.75. The molecule has 8 heteroatoms. The summed E-state index contributed by atoms with van der Waals surface area (Å²) in [4.78, 5) is 23.2. The van der Waals surface area contributed by atoms with Gasteiger partial charge < -0.3 is 14.8 Å². The fraction of sp³-hybridized carbons (Fsp3) is 0.615. The number of anilines is 1. The number of halogens is 1. The van der Waals surface area contributed by atoms with Gasteiger partial charge in [0.05, 0.1) is 19.0 Å². The highest BCUT2D eigenvalue weighted by atomic mass is 79.9. The number of ether oxygens (including phenoxy) is 2. The molecule has 0 amide bonds. The molecular weight excluding hydrogens is 342 g/mol. The molecule has 2 heterocycles. The van der Waals surface area contributed by atoms with Crippen LogP contribution in [0.25, 0.3) is 0 Å². The molecule has 1 aliphatic rings. The first kappa shape index (κ1) is 16.0. The van der Waals surface area contributed by atoms with E-state index in [0.29, 0.717) is 16.1 Å². The van der Waals surface area contributed by atoms with Crippen molar-refractivity contribution in [2.45, 2.75) is 19.4 Å². The molecule has 0 saturated carbocycles. The molecule has 21 heavy (non-hydrogen) atoms. The molecule has 0 radical (unpaired) electrons. The van der Waals surface area contributed by atoms with Crippen molar-refractivity contribution in [3.05, 3.63) is 21.0 Å². The van der Waals surface area contributed by atoms with Crippen LogP contribution in [0.5, 0.6) is 0 Å². The molecule has 1 fully saturated rings. The van der Waals surface area contributed by atoms with Crippen LogP contribution in [0.3, 0.4) is 0 Å². The predicted molar refractivity (Wildman–Crippen MR) is 80.2 cm³/mol.